The van der Waals surface area contributed by atoms with Crippen molar-refractivity contribution >= 4 is 0 Å². The molecule has 0 aromatic carbocycles. The smallest absolute Gasteiger partial charge is 0.0686 e. The second-order valence-electron chi connectivity index (χ2n) is 6.94. The van der Waals surface area contributed by atoms with Crippen LogP contribution in [0, 0.1) is 17.8 Å². The van der Waals surface area contributed by atoms with Crippen LogP contribution in [0.1, 0.15) is 65.7 Å². The molecule has 1 N–H and O–H groups in total. The highest BCUT2D eigenvalue weighted by Gasteiger charge is 2.41. The molecule has 2 heteroatoms. The minimum atomic E-state index is -0.146. The Morgan fingerprint density at radius 1 is 1.11 bits per heavy atom. The fourth-order valence-corrected chi connectivity index (χ4v) is 3.73. The van der Waals surface area contributed by atoms with E-state index in [-0.39, 0.29) is 11.7 Å². The molecule has 2 nitrogen and oxygen atoms in total. The lowest BCUT2D eigenvalue weighted by molar-refractivity contribution is -0.140. The summed E-state index contributed by atoms with van der Waals surface area (Å²) in [6, 6.07) is 0. The van der Waals surface area contributed by atoms with Gasteiger partial charge < -0.3 is 9.84 Å². The first-order valence-corrected chi connectivity index (χ1v) is 7.86. The third kappa shape index (κ3) is 3.08. The fourth-order valence-electron chi connectivity index (χ4n) is 3.73. The molecule has 1 saturated carbocycles. The number of rotatable bonds is 3. The zero-order chi connectivity index (χ0) is 13.2. The van der Waals surface area contributed by atoms with Gasteiger partial charge in [0.25, 0.3) is 0 Å². The molecule has 1 saturated heterocycles. The predicted molar refractivity (Wildman–Crippen MR) is 74.5 cm³/mol. The normalized spacial score (nSPS) is 31.5. The monoisotopic (exact) mass is 254 g/mol. The van der Waals surface area contributed by atoms with Crippen molar-refractivity contribution in [3.8, 4) is 0 Å². The molecule has 2 aliphatic rings. The third-order valence-electron chi connectivity index (χ3n) is 5.37. The van der Waals surface area contributed by atoms with Crippen LogP contribution in [-0.4, -0.2) is 23.4 Å². The van der Waals surface area contributed by atoms with Crippen LogP contribution in [0.25, 0.3) is 0 Å². The summed E-state index contributed by atoms with van der Waals surface area (Å²) in [5, 5.41) is 10.6. The average Bonchev–Trinajstić information content (AvgIpc) is 2.38. The Bertz CT molecular complexity index is 250. The van der Waals surface area contributed by atoms with E-state index in [9.17, 15) is 5.11 Å². The van der Waals surface area contributed by atoms with Crippen molar-refractivity contribution in [1.29, 1.82) is 0 Å². The van der Waals surface area contributed by atoms with Crippen molar-refractivity contribution in [1.82, 2.24) is 0 Å². The van der Waals surface area contributed by atoms with Crippen molar-refractivity contribution in [2.45, 2.75) is 77.4 Å². The topological polar surface area (TPSA) is 29.5 Å². The van der Waals surface area contributed by atoms with Crippen LogP contribution in [0.2, 0.25) is 0 Å². The van der Waals surface area contributed by atoms with Crippen molar-refractivity contribution in [3.05, 3.63) is 0 Å². The highest BCUT2D eigenvalue weighted by atomic mass is 16.5. The summed E-state index contributed by atoms with van der Waals surface area (Å²) in [7, 11) is 0. The summed E-state index contributed by atoms with van der Waals surface area (Å²) in [5.74, 6) is 1.41. The summed E-state index contributed by atoms with van der Waals surface area (Å²) in [6.45, 7) is 7.47. The molecule has 3 unspecified atom stereocenters. The molecule has 106 valence electrons. The first-order valence-electron chi connectivity index (χ1n) is 7.86. The molecule has 18 heavy (non-hydrogen) atoms. The zero-order valence-corrected chi connectivity index (χ0v) is 12.3. The Hall–Kier alpha value is -0.0800. The van der Waals surface area contributed by atoms with Gasteiger partial charge in [-0.2, -0.15) is 0 Å². The second-order valence-corrected chi connectivity index (χ2v) is 6.94. The number of aliphatic hydroxyl groups is 1. The minimum Gasteiger partial charge on any atom is -0.393 e. The van der Waals surface area contributed by atoms with E-state index in [1.807, 2.05) is 0 Å². The number of hydrogen-bond acceptors (Lipinski definition) is 2. The van der Waals surface area contributed by atoms with Gasteiger partial charge in [0, 0.05) is 6.61 Å². The highest BCUT2D eigenvalue weighted by Crippen LogP contribution is 2.42. The van der Waals surface area contributed by atoms with Crippen molar-refractivity contribution in [2.75, 3.05) is 6.61 Å². The molecule has 0 aromatic rings. The molecule has 1 aliphatic heterocycles. The van der Waals surface area contributed by atoms with Crippen molar-refractivity contribution in [3.63, 3.8) is 0 Å². The lowest BCUT2D eigenvalue weighted by Crippen LogP contribution is -2.46. The lowest BCUT2D eigenvalue weighted by Gasteiger charge is -2.45. The molecule has 0 aromatic heterocycles. The van der Waals surface area contributed by atoms with Crippen LogP contribution in [0.15, 0.2) is 0 Å². The molecular weight excluding hydrogens is 224 g/mol. The standard InChI is InChI=1S/C16H30O2/c1-12(2)13(3)15(17)14-7-10-18-16(11-14)8-5-4-6-9-16/h12-15,17H,4-11H2,1-3H3. The van der Waals surface area contributed by atoms with E-state index in [4.69, 9.17) is 4.74 Å². The number of ether oxygens (including phenoxy) is 1. The Labute approximate surface area is 112 Å². The quantitative estimate of drug-likeness (QED) is 0.830. The largest absolute Gasteiger partial charge is 0.393 e. The van der Waals surface area contributed by atoms with Crippen molar-refractivity contribution < 1.29 is 9.84 Å². The van der Waals surface area contributed by atoms with Gasteiger partial charge in [-0.15, -0.1) is 0 Å². The molecule has 2 rings (SSSR count). The number of hydrogen-bond donors (Lipinski definition) is 1. The Kier molecular flexibility index (Phi) is 4.71. The highest BCUT2D eigenvalue weighted by molar-refractivity contribution is 4.92. The van der Waals surface area contributed by atoms with Crippen LogP contribution in [0.3, 0.4) is 0 Å². The lowest BCUT2D eigenvalue weighted by atomic mass is 9.72. The SMILES string of the molecule is CC(C)C(C)C(O)C1CCOC2(CCCCC2)C1. The summed E-state index contributed by atoms with van der Waals surface area (Å²) < 4.78 is 6.12. The molecule has 1 spiro atoms. The first-order chi connectivity index (χ1) is 8.54. The third-order valence-corrected chi connectivity index (χ3v) is 5.37. The second kappa shape index (κ2) is 5.92. The molecule has 0 amide bonds. The summed E-state index contributed by atoms with van der Waals surface area (Å²) in [6.07, 6.45) is 8.39. The molecule has 0 bridgehead atoms. The molecule has 1 heterocycles. The van der Waals surface area contributed by atoms with E-state index in [2.05, 4.69) is 20.8 Å². The maximum atomic E-state index is 10.6. The van der Waals surface area contributed by atoms with Gasteiger partial charge >= 0.3 is 0 Å². The van der Waals surface area contributed by atoms with E-state index in [0.717, 1.165) is 19.4 Å². The van der Waals surface area contributed by atoms with Gasteiger partial charge in [-0.3, -0.25) is 0 Å². The van der Waals surface area contributed by atoms with Gasteiger partial charge in [0.05, 0.1) is 11.7 Å². The maximum Gasteiger partial charge on any atom is 0.0686 e. The summed E-state index contributed by atoms with van der Waals surface area (Å²) in [4.78, 5) is 0. The molecule has 0 radical (unpaired) electrons. The van der Waals surface area contributed by atoms with E-state index in [0.29, 0.717) is 17.8 Å². The number of aliphatic hydroxyl groups excluding tert-OH is 1. The van der Waals surface area contributed by atoms with E-state index in [1.165, 1.54) is 32.1 Å². The van der Waals surface area contributed by atoms with Gasteiger partial charge in [-0.05, 0) is 43.4 Å². The van der Waals surface area contributed by atoms with Crippen LogP contribution in [0.4, 0.5) is 0 Å². The van der Waals surface area contributed by atoms with Gasteiger partial charge in [-0.25, -0.2) is 0 Å². The Balaban J connectivity index is 1.97. The van der Waals surface area contributed by atoms with E-state index in [1.54, 1.807) is 0 Å². The molecule has 2 fully saturated rings. The Morgan fingerprint density at radius 2 is 1.78 bits per heavy atom. The van der Waals surface area contributed by atoms with Crippen molar-refractivity contribution in [2.24, 2.45) is 17.8 Å². The predicted octanol–water partition coefficient (Wildman–Crippen LogP) is 3.77. The van der Waals surface area contributed by atoms with Gasteiger partial charge in [0.1, 0.15) is 0 Å². The molecule has 1 aliphatic carbocycles. The van der Waals surface area contributed by atoms with Gasteiger partial charge in [0.15, 0.2) is 0 Å². The fraction of sp³-hybridized carbons (Fsp3) is 1.00. The maximum absolute atomic E-state index is 10.6. The van der Waals surface area contributed by atoms with Crippen LogP contribution < -0.4 is 0 Å². The van der Waals surface area contributed by atoms with Gasteiger partial charge in [0.2, 0.25) is 0 Å². The van der Waals surface area contributed by atoms with E-state index >= 15 is 0 Å². The van der Waals surface area contributed by atoms with Crippen LogP contribution >= 0.6 is 0 Å². The van der Waals surface area contributed by atoms with Gasteiger partial charge in [-0.1, -0.05) is 40.0 Å². The average molecular weight is 254 g/mol. The Morgan fingerprint density at radius 3 is 2.39 bits per heavy atom. The first kappa shape index (κ1) is 14.3. The van der Waals surface area contributed by atoms with Crippen LogP contribution in [-0.2, 0) is 4.74 Å². The summed E-state index contributed by atoms with van der Waals surface area (Å²) >= 11 is 0. The minimum absolute atomic E-state index is 0.124. The summed E-state index contributed by atoms with van der Waals surface area (Å²) in [5.41, 5.74) is 0.124. The molecular formula is C16H30O2. The molecule has 3 atom stereocenters. The van der Waals surface area contributed by atoms with E-state index < -0.39 is 0 Å². The zero-order valence-electron chi connectivity index (χ0n) is 12.3. The van der Waals surface area contributed by atoms with Crippen LogP contribution in [0.5, 0.6) is 0 Å².